The molecular weight excluding hydrogens is 502 g/mol. The molecule has 2 N–H and O–H groups in total. The Morgan fingerprint density at radius 1 is 1.41 bits per heavy atom. The van der Waals surface area contributed by atoms with Crippen LogP contribution in [0.3, 0.4) is 0 Å². The van der Waals surface area contributed by atoms with Gasteiger partial charge in [-0.3, -0.25) is 4.99 Å². The van der Waals surface area contributed by atoms with Crippen LogP contribution in [-0.2, 0) is 6.42 Å². The maximum atomic E-state index is 14.0. The molecule has 1 aliphatic rings. The number of nitrogens with zero attached hydrogens (tertiary/aromatic N) is 4. The van der Waals surface area contributed by atoms with Crippen LogP contribution in [0.2, 0.25) is 0 Å². The van der Waals surface area contributed by atoms with E-state index in [-0.39, 0.29) is 35.8 Å². The molecule has 3 rings (SSSR count). The van der Waals surface area contributed by atoms with E-state index in [1.165, 1.54) is 11.1 Å². The number of guanidine groups is 1. The van der Waals surface area contributed by atoms with E-state index in [9.17, 15) is 4.39 Å². The molecular formula is C20H30FIN6S. The topological polar surface area (TPSA) is 65.4 Å². The number of anilines is 1. The minimum Gasteiger partial charge on any atom is -0.357 e. The summed E-state index contributed by atoms with van der Waals surface area (Å²) in [6.45, 7) is 7.21. The van der Waals surface area contributed by atoms with Crippen LogP contribution in [0.1, 0.15) is 36.9 Å². The number of pyridine rings is 1. The summed E-state index contributed by atoms with van der Waals surface area (Å²) >= 11 is 1.73. The highest BCUT2D eigenvalue weighted by Crippen LogP contribution is 2.20. The zero-order valence-electron chi connectivity index (χ0n) is 17.0. The number of halogens is 2. The zero-order valence-corrected chi connectivity index (χ0v) is 20.2. The van der Waals surface area contributed by atoms with E-state index in [2.05, 4.69) is 32.9 Å². The molecule has 0 aromatic carbocycles. The fourth-order valence-electron chi connectivity index (χ4n) is 3.29. The first-order chi connectivity index (χ1) is 13.7. The van der Waals surface area contributed by atoms with Crippen molar-refractivity contribution in [2.24, 2.45) is 4.99 Å². The third-order valence-corrected chi connectivity index (χ3v) is 5.67. The second-order valence-corrected chi connectivity index (χ2v) is 7.93. The summed E-state index contributed by atoms with van der Waals surface area (Å²) in [6, 6.07) is 3.32. The summed E-state index contributed by atoms with van der Waals surface area (Å²) in [6.07, 6.45) is 5.71. The molecule has 2 aromatic rings. The molecule has 0 spiro atoms. The predicted octanol–water partition coefficient (Wildman–Crippen LogP) is 3.76. The van der Waals surface area contributed by atoms with Crippen molar-refractivity contribution < 1.29 is 4.39 Å². The standard InChI is InChI=1S/C20H29FN6S.HI/c1-3-22-20(24-10-5-4-8-18-25-15(2)14-28-18)26-16-9-12-27(13-16)19-17(21)7-6-11-23-19;/h6-7,11,14,16H,3-5,8-10,12-13H2,1-2H3,(H2,22,24,26);1H. The Morgan fingerprint density at radius 2 is 2.28 bits per heavy atom. The summed E-state index contributed by atoms with van der Waals surface area (Å²) < 4.78 is 14.0. The van der Waals surface area contributed by atoms with E-state index in [1.807, 2.05) is 11.8 Å². The van der Waals surface area contributed by atoms with Gasteiger partial charge in [0, 0.05) is 49.5 Å². The fraction of sp³-hybridized carbons (Fsp3) is 0.550. The van der Waals surface area contributed by atoms with E-state index < -0.39 is 0 Å². The number of aryl methyl sites for hydroxylation is 2. The monoisotopic (exact) mass is 532 g/mol. The average molecular weight is 532 g/mol. The van der Waals surface area contributed by atoms with Crippen molar-refractivity contribution in [3.63, 3.8) is 0 Å². The SMILES string of the molecule is CCNC(=NCCCCc1nc(C)cs1)NC1CCN(c2ncccc2F)C1.I. The highest BCUT2D eigenvalue weighted by Gasteiger charge is 2.25. The van der Waals surface area contributed by atoms with Gasteiger partial charge in [0.05, 0.1) is 5.01 Å². The summed E-state index contributed by atoms with van der Waals surface area (Å²) in [5.41, 5.74) is 1.10. The minimum atomic E-state index is -0.265. The second kappa shape index (κ2) is 12.3. The zero-order chi connectivity index (χ0) is 19.8. The molecule has 0 saturated carbocycles. The predicted molar refractivity (Wildman–Crippen MR) is 129 cm³/mol. The molecule has 1 aliphatic heterocycles. The van der Waals surface area contributed by atoms with E-state index in [0.29, 0.717) is 5.82 Å². The van der Waals surface area contributed by atoms with Crippen LogP contribution >= 0.6 is 35.3 Å². The molecule has 9 heteroatoms. The van der Waals surface area contributed by atoms with Gasteiger partial charge in [0.25, 0.3) is 0 Å². The van der Waals surface area contributed by atoms with Crippen molar-refractivity contribution in [3.8, 4) is 0 Å². The normalized spacial score (nSPS) is 16.6. The van der Waals surface area contributed by atoms with Crippen molar-refractivity contribution in [1.29, 1.82) is 0 Å². The van der Waals surface area contributed by atoms with Gasteiger partial charge < -0.3 is 15.5 Å². The largest absolute Gasteiger partial charge is 0.357 e. The molecule has 1 fully saturated rings. The van der Waals surface area contributed by atoms with Gasteiger partial charge in [-0.15, -0.1) is 35.3 Å². The first-order valence-corrected chi connectivity index (χ1v) is 10.8. The highest BCUT2D eigenvalue weighted by atomic mass is 127. The number of nitrogens with one attached hydrogen (secondary N) is 2. The van der Waals surface area contributed by atoms with Crippen LogP contribution in [0.4, 0.5) is 10.2 Å². The smallest absolute Gasteiger partial charge is 0.191 e. The van der Waals surface area contributed by atoms with Crippen molar-refractivity contribution in [3.05, 3.63) is 40.2 Å². The third kappa shape index (κ3) is 7.36. The lowest BCUT2D eigenvalue weighted by molar-refractivity contribution is 0.612. The van der Waals surface area contributed by atoms with E-state index in [0.717, 1.165) is 63.5 Å². The quantitative estimate of drug-likeness (QED) is 0.235. The van der Waals surface area contributed by atoms with Crippen LogP contribution in [0, 0.1) is 12.7 Å². The van der Waals surface area contributed by atoms with Gasteiger partial charge in [0.1, 0.15) is 0 Å². The highest BCUT2D eigenvalue weighted by molar-refractivity contribution is 14.0. The number of unbranched alkanes of at least 4 members (excludes halogenated alkanes) is 1. The Hall–Kier alpha value is -1.49. The van der Waals surface area contributed by atoms with Gasteiger partial charge in [0.15, 0.2) is 17.6 Å². The van der Waals surface area contributed by atoms with Crippen molar-refractivity contribution in [1.82, 2.24) is 20.6 Å². The maximum Gasteiger partial charge on any atom is 0.191 e. The van der Waals surface area contributed by atoms with Crippen LogP contribution in [0.25, 0.3) is 0 Å². The Kier molecular flexibility index (Phi) is 10.1. The number of hydrogen-bond donors (Lipinski definition) is 2. The Morgan fingerprint density at radius 3 is 3.00 bits per heavy atom. The lowest BCUT2D eigenvalue weighted by Gasteiger charge is -2.19. The summed E-state index contributed by atoms with van der Waals surface area (Å²) in [7, 11) is 0. The molecule has 0 radical (unpaired) electrons. The maximum absolute atomic E-state index is 14.0. The third-order valence-electron chi connectivity index (χ3n) is 4.65. The van der Waals surface area contributed by atoms with Crippen LogP contribution in [-0.4, -0.2) is 48.1 Å². The molecule has 0 amide bonds. The minimum absolute atomic E-state index is 0. The van der Waals surface area contributed by atoms with Gasteiger partial charge in [-0.1, -0.05) is 0 Å². The van der Waals surface area contributed by atoms with Gasteiger partial charge in [-0.05, 0) is 51.7 Å². The molecule has 0 aliphatic carbocycles. The molecule has 1 atom stereocenters. The van der Waals surface area contributed by atoms with Gasteiger partial charge in [-0.25, -0.2) is 14.4 Å². The first kappa shape index (κ1) is 23.8. The lowest BCUT2D eigenvalue weighted by Crippen LogP contribution is -2.44. The van der Waals surface area contributed by atoms with Gasteiger partial charge in [-0.2, -0.15) is 0 Å². The second-order valence-electron chi connectivity index (χ2n) is 6.99. The van der Waals surface area contributed by atoms with Crippen LogP contribution in [0.5, 0.6) is 0 Å². The molecule has 29 heavy (non-hydrogen) atoms. The molecule has 0 bridgehead atoms. The number of aromatic nitrogens is 2. The number of rotatable bonds is 8. The van der Waals surface area contributed by atoms with Gasteiger partial charge >= 0.3 is 0 Å². The lowest BCUT2D eigenvalue weighted by atomic mass is 10.2. The number of hydrogen-bond acceptors (Lipinski definition) is 5. The Labute approximate surface area is 193 Å². The Bertz CT molecular complexity index is 784. The molecule has 2 aromatic heterocycles. The molecule has 3 heterocycles. The number of aliphatic imine (C=N–C) groups is 1. The molecule has 6 nitrogen and oxygen atoms in total. The van der Waals surface area contributed by atoms with Crippen molar-refractivity contribution in [2.45, 2.75) is 45.6 Å². The fourth-order valence-corrected chi connectivity index (χ4v) is 4.11. The molecule has 1 unspecified atom stereocenters. The summed E-state index contributed by atoms with van der Waals surface area (Å²) in [5.74, 6) is 1.01. The van der Waals surface area contributed by atoms with Crippen molar-refractivity contribution in [2.75, 3.05) is 31.1 Å². The summed E-state index contributed by atoms with van der Waals surface area (Å²) in [5, 5.41) is 10.1. The van der Waals surface area contributed by atoms with Crippen molar-refractivity contribution >= 4 is 47.1 Å². The summed E-state index contributed by atoms with van der Waals surface area (Å²) in [4.78, 5) is 15.4. The van der Waals surface area contributed by atoms with Crippen LogP contribution < -0.4 is 15.5 Å². The molecule has 1 saturated heterocycles. The van der Waals surface area contributed by atoms with E-state index >= 15 is 0 Å². The number of thiazole rings is 1. The average Bonchev–Trinajstić information content (AvgIpc) is 3.31. The Balaban J connectivity index is 0.00000300. The van der Waals surface area contributed by atoms with Crippen LogP contribution in [0.15, 0.2) is 28.7 Å². The van der Waals surface area contributed by atoms with E-state index in [4.69, 9.17) is 4.99 Å². The van der Waals surface area contributed by atoms with E-state index in [1.54, 1.807) is 23.6 Å². The molecule has 160 valence electrons. The van der Waals surface area contributed by atoms with Gasteiger partial charge in [0.2, 0.25) is 0 Å². The first-order valence-electron chi connectivity index (χ1n) is 9.97.